The van der Waals surface area contributed by atoms with Crippen LogP contribution in [-0.2, 0) is 0 Å². The summed E-state index contributed by atoms with van der Waals surface area (Å²) in [5, 5.41) is 0.831. The first kappa shape index (κ1) is 12.6. The largest absolute Gasteiger partial charge is 0.383 e. The van der Waals surface area contributed by atoms with Gasteiger partial charge in [0.15, 0.2) is 5.65 Å². The monoisotopic (exact) mass is 270 g/mol. The van der Waals surface area contributed by atoms with Crippen molar-refractivity contribution < 1.29 is 4.39 Å². The number of rotatable bonds is 1. The molecule has 2 aromatic heterocycles. The Bertz CT molecular complexity index is 820. The van der Waals surface area contributed by atoms with Gasteiger partial charge in [0, 0.05) is 5.69 Å². The summed E-state index contributed by atoms with van der Waals surface area (Å²) < 4.78 is 15.4. The number of halogens is 1. The van der Waals surface area contributed by atoms with Crippen LogP contribution in [0.5, 0.6) is 0 Å². The summed E-state index contributed by atoms with van der Waals surface area (Å²) >= 11 is 0. The van der Waals surface area contributed by atoms with Crippen molar-refractivity contribution in [3.8, 4) is 5.69 Å². The summed E-state index contributed by atoms with van der Waals surface area (Å²) in [6, 6.07) is 6.44. The fourth-order valence-electron chi connectivity index (χ4n) is 2.54. The third kappa shape index (κ3) is 1.74. The molecule has 3 rings (SSSR count). The van der Waals surface area contributed by atoms with Crippen LogP contribution in [0.2, 0.25) is 0 Å². The van der Waals surface area contributed by atoms with Gasteiger partial charge in [-0.1, -0.05) is 6.07 Å². The number of aryl methyl sites for hydroxylation is 2. The van der Waals surface area contributed by atoms with Crippen molar-refractivity contribution in [3.05, 3.63) is 47.2 Å². The van der Waals surface area contributed by atoms with E-state index in [4.69, 9.17) is 5.73 Å². The van der Waals surface area contributed by atoms with Crippen LogP contribution in [0.1, 0.15) is 17.1 Å². The van der Waals surface area contributed by atoms with E-state index in [1.165, 1.54) is 12.1 Å². The maximum atomic E-state index is 13.5. The van der Waals surface area contributed by atoms with Crippen molar-refractivity contribution in [2.75, 3.05) is 5.73 Å². The molecular formula is C15H15FN4. The van der Waals surface area contributed by atoms with Crippen molar-refractivity contribution in [2.45, 2.75) is 20.8 Å². The van der Waals surface area contributed by atoms with Crippen LogP contribution in [0.4, 0.5) is 10.2 Å². The highest BCUT2D eigenvalue weighted by Gasteiger charge is 2.17. The zero-order valence-corrected chi connectivity index (χ0v) is 11.6. The van der Waals surface area contributed by atoms with E-state index in [2.05, 4.69) is 9.97 Å². The van der Waals surface area contributed by atoms with E-state index in [-0.39, 0.29) is 5.82 Å². The Morgan fingerprint density at radius 1 is 1.15 bits per heavy atom. The molecule has 0 atom stereocenters. The summed E-state index contributed by atoms with van der Waals surface area (Å²) in [6.07, 6.45) is 0. The zero-order valence-electron chi connectivity index (χ0n) is 11.6. The van der Waals surface area contributed by atoms with Crippen LogP contribution in [0.25, 0.3) is 16.7 Å². The molecule has 0 bridgehead atoms. The minimum Gasteiger partial charge on any atom is -0.383 e. The first-order chi connectivity index (χ1) is 9.49. The minimum absolute atomic E-state index is 0.278. The standard InChI is InChI=1S/C15H15FN4/c1-8-9(2)20(12-6-4-5-11(16)7-12)15-13(8)14(17)18-10(3)19-15/h4-7H,1-3H3,(H2,17,18,19). The van der Waals surface area contributed by atoms with Crippen LogP contribution in [-0.4, -0.2) is 14.5 Å². The van der Waals surface area contributed by atoms with E-state index >= 15 is 0 Å². The van der Waals surface area contributed by atoms with Gasteiger partial charge < -0.3 is 5.73 Å². The van der Waals surface area contributed by atoms with Gasteiger partial charge in [-0.2, -0.15) is 0 Å². The van der Waals surface area contributed by atoms with Gasteiger partial charge in [0.2, 0.25) is 0 Å². The molecule has 0 amide bonds. The molecule has 0 saturated heterocycles. The molecule has 3 aromatic rings. The lowest BCUT2D eigenvalue weighted by Gasteiger charge is -2.08. The third-order valence-electron chi connectivity index (χ3n) is 3.56. The molecule has 102 valence electrons. The molecular weight excluding hydrogens is 255 g/mol. The predicted molar refractivity (Wildman–Crippen MR) is 77.4 cm³/mol. The van der Waals surface area contributed by atoms with E-state index in [1.54, 1.807) is 13.0 Å². The molecule has 20 heavy (non-hydrogen) atoms. The molecule has 5 heteroatoms. The normalized spacial score (nSPS) is 11.2. The summed E-state index contributed by atoms with van der Waals surface area (Å²) in [6.45, 7) is 5.74. The lowest BCUT2D eigenvalue weighted by atomic mass is 10.2. The van der Waals surface area contributed by atoms with Crippen LogP contribution >= 0.6 is 0 Å². The summed E-state index contributed by atoms with van der Waals surface area (Å²) in [7, 11) is 0. The second-order valence-corrected chi connectivity index (χ2v) is 4.88. The number of aromatic nitrogens is 3. The van der Waals surface area contributed by atoms with E-state index < -0.39 is 0 Å². The average molecular weight is 270 g/mol. The Hall–Kier alpha value is -2.43. The topological polar surface area (TPSA) is 56.7 Å². The Labute approximate surface area is 116 Å². The number of benzene rings is 1. The second-order valence-electron chi connectivity index (χ2n) is 4.88. The van der Waals surface area contributed by atoms with Crippen molar-refractivity contribution in [1.29, 1.82) is 0 Å². The molecule has 0 fully saturated rings. The number of nitrogens with zero attached hydrogens (tertiary/aromatic N) is 3. The number of hydrogen-bond donors (Lipinski definition) is 1. The first-order valence-corrected chi connectivity index (χ1v) is 6.36. The highest BCUT2D eigenvalue weighted by atomic mass is 19.1. The average Bonchev–Trinajstić information content (AvgIpc) is 2.61. The number of fused-ring (bicyclic) bond motifs is 1. The number of nitrogen functional groups attached to an aromatic ring is 1. The summed E-state index contributed by atoms with van der Waals surface area (Å²) in [5.41, 5.74) is 9.46. The smallest absolute Gasteiger partial charge is 0.150 e. The van der Waals surface area contributed by atoms with Gasteiger partial charge in [0.1, 0.15) is 17.5 Å². The van der Waals surface area contributed by atoms with Gasteiger partial charge in [0.05, 0.1) is 11.1 Å². The molecule has 0 saturated carbocycles. The third-order valence-corrected chi connectivity index (χ3v) is 3.56. The van der Waals surface area contributed by atoms with Crippen molar-refractivity contribution in [3.63, 3.8) is 0 Å². The van der Waals surface area contributed by atoms with E-state index in [0.717, 1.165) is 28.0 Å². The Morgan fingerprint density at radius 2 is 1.90 bits per heavy atom. The van der Waals surface area contributed by atoms with Crippen LogP contribution in [0, 0.1) is 26.6 Å². The maximum absolute atomic E-state index is 13.5. The molecule has 0 spiro atoms. The summed E-state index contributed by atoms with van der Waals surface area (Å²) in [4.78, 5) is 8.68. The number of hydrogen-bond acceptors (Lipinski definition) is 3. The van der Waals surface area contributed by atoms with Gasteiger partial charge in [-0.3, -0.25) is 4.57 Å². The Balaban J connectivity index is 2.44. The number of anilines is 1. The molecule has 2 heterocycles. The lowest BCUT2D eigenvalue weighted by Crippen LogP contribution is -2.01. The van der Waals surface area contributed by atoms with E-state index in [1.807, 2.05) is 24.5 Å². The highest BCUT2D eigenvalue weighted by Crippen LogP contribution is 2.30. The van der Waals surface area contributed by atoms with E-state index in [9.17, 15) is 4.39 Å². The Kier molecular flexibility index (Phi) is 2.71. The van der Waals surface area contributed by atoms with Gasteiger partial charge >= 0.3 is 0 Å². The van der Waals surface area contributed by atoms with Gasteiger partial charge in [-0.25, -0.2) is 14.4 Å². The van der Waals surface area contributed by atoms with Crippen molar-refractivity contribution >= 4 is 16.9 Å². The quantitative estimate of drug-likeness (QED) is 0.739. The first-order valence-electron chi connectivity index (χ1n) is 6.36. The molecule has 0 unspecified atom stereocenters. The molecule has 4 nitrogen and oxygen atoms in total. The second kappa shape index (κ2) is 4.30. The predicted octanol–water partition coefficient (Wildman–Crippen LogP) is 3.07. The van der Waals surface area contributed by atoms with Gasteiger partial charge in [-0.15, -0.1) is 0 Å². The van der Waals surface area contributed by atoms with Crippen LogP contribution in [0.15, 0.2) is 24.3 Å². The fraction of sp³-hybridized carbons (Fsp3) is 0.200. The molecule has 0 radical (unpaired) electrons. The minimum atomic E-state index is -0.278. The Morgan fingerprint density at radius 3 is 2.60 bits per heavy atom. The molecule has 0 aliphatic rings. The van der Waals surface area contributed by atoms with Gasteiger partial charge in [0.25, 0.3) is 0 Å². The van der Waals surface area contributed by atoms with Crippen LogP contribution in [0.3, 0.4) is 0 Å². The van der Waals surface area contributed by atoms with Gasteiger partial charge in [-0.05, 0) is 44.5 Å². The highest BCUT2D eigenvalue weighted by molar-refractivity contribution is 5.92. The SMILES string of the molecule is Cc1nc(N)c2c(C)c(C)n(-c3cccc(F)c3)c2n1. The lowest BCUT2D eigenvalue weighted by molar-refractivity contribution is 0.626. The molecule has 1 aromatic carbocycles. The van der Waals surface area contributed by atoms with Crippen molar-refractivity contribution in [2.24, 2.45) is 0 Å². The molecule has 0 aliphatic carbocycles. The van der Waals surface area contributed by atoms with E-state index in [0.29, 0.717) is 11.6 Å². The molecule has 2 N–H and O–H groups in total. The molecule has 0 aliphatic heterocycles. The maximum Gasteiger partial charge on any atom is 0.150 e. The van der Waals surface area contributed by atoms with Crippen molar-refractivity contribution in [1.82, 2.24) is 14.5 Å². The number of nitrogens with two attached hydrogens (primary N) is 1. The van der Waals surface area contributed by atoms with Crippen LogP contribution < -0.4 is 5.73 Å². The fourth-order valence-corrected chi connectivity index (χ4v) is 2.54. The summed E-state index contributed by atoms with van der Waals surface area (Å²) in [5.74, 6) is 0.786. The zero-order chi connectivity index (χ0) is 14.4.